The SMILES string of the molecule is Cc1ccccc1[CH]c1c[c]ccc1. The van der Waals surface area contributed by atoms with Gasteiger partial charge in [-0.25, -0.2) is 0 Å². The average molecular weight is 180 g/mol. The predicted octanol–water partition coefficient (Wildman–Crippen LogP) is 3.40. The van der Waals surface area contributed by atoms with Gasteiger partial charge in [0.1, 0.15) is 0 Å². The first-order valence-corrected chi connectivity index (χ1v) is 4.73. The van der Waals surface area contributed by atoms with Crippen LogP contribution in [0.15, 0.2) is 48.5 Å². The third kappa shape index (κ3) is 2.02. The molecule has 0 atom stereocenters. The number of hydrogen-bond donors (Lipinski definition) is 0. The lowest BCUT2D eigenvalue weighted by atomic mass is 10.0. The Bertz CT molecular complexity index is 401. The molecule has 0 aliphatic heterocycles. The third-order valence-electron chi connectivity index (χ3n) is 2.24. The van der Waals surface area contributed by atoms with Gasteiger partial charge in [0, 0.05) is 6.42 Å². The van der Waals surface area contributed by atoms with Crippen molar-refractivity contribution >= 4 is 0 Å². The van der Waals surface area contributed by atoms with Crippen LogP contribution >= 0.6 is 0 Å². The van der Waals surface area contributed by atoms with Crippen LogP contribution in [0.1, 0.15) is 16.7 Å². The molecule has 0 nitrogen and oxygen atoms in total. The summed E-state index contributed by atoms with van der Waals surface area (Å²) < 4.78 is 0. The van der Waals surface area contributed by atoms with E-state index < -0.39 is 0 Å². The second kappa shape index (κ2) is 4.10. The van der Waals surface area contributed by atoms with Crippen molar-refractivity contribution in [3.63, 3.8) is 0 Å². The molecule has 0 spiro atoms. The zero-order chi connectivity index (χ0) is 9.80. The molecule has 0 aliphatic carbocycles. The molecule has 2 radical (unpaired) electrons. The monoisotopic (exact) mass is 180 g/mol. The fourth-order valence-electron chi connectivity index (χ4n) is 1.43. The van der Waals surface area contributed by atoms with Gasteiger partial charge in [0.2, 0.25) is 0 Å². The lowest BCUT2D eigenvalue weighted by molar-refractivity contribution is 1.34. The zero-order valence-electron chi connectivity index (χ0n) is 8.20. The Hall–Kier alpha value is -1.56. The summed E-state index contributed by atoms with van der Waals surface area (Å²) in [4.78, 5) is 0. The van der Waals surface area contributed by atoms with Gasteiger partial charge in [-0.05, 0) is 29.7 Å². The van der Waals surface area contributed by atoms with Gasteiger partial charge in [-0.3, -0.25) is 0 Å². The van der Waals surface area contributed by atoms with Gasteiger partial charge in [0.15, 0.2) is 0 Å². The second-order valence-corrected chi connectivity index (χ2v) is 3.34. The van der Waals surface area contributed by atoms with Crippen molar-refractivity contribution < 1.29 is 0 Å². The Morgan fingerprint density at radius 1 is 1.07 bits per heavy atom. The molecular weight excluding hydrogens is 168 g/mol. The lowest BCUT2D eigenvalue weighted by Gasteiger charge is -2.04. The molecule has 0 N–H and O–H groups in total. The molecule has 0 amide bonds. The number of rotatable bonds is 2. The van der Waals surface area contributed by atoms with Crippen LogP contribution in [-0.4, -0.2) is 0 Å². The average Bonchev–Trinajstić information content (AvgIpc) is 2.23. The molecule has 2 aromatic rings. The van der Waals surface area contributed by atoms with E-state index in [4.69, 9.17) is 0 Å². The number of benzene rings is 2. The van der Waals surface area contributed by atoms with E-state index >= 15 is 0 Å². The summed E-state index contributed by atoms with van der Waals surface area (Å²) in [5.41, 5.74) is 3.77. The quantitative estimate of drug-likeness (QED) is 0.664. The highest BCUT2D eigenvalue weighted by Crippen LogP contribution is 2.14. The van der Waals surface area contributed by atoms with Crippen LogP contribution < -0.4 is 0 Å². The highest BCUT2D eigenvalue weighted by atomic mass is 14.0. The summed E-state index contributed by atoms with van der Waals surface area (Å²) >= 11 is 0. The van der Waals surface area contributed by atoms with E-state index in [-0.39, 0.29) is 0 Å². The minimum atomic E-state index is 1.20. The molecule has 68 valence electrons. The first-order valence-electron chi connectivity index (χ1n) is 4.73. The molecule has 2 aromatic carbocycles. The van der Waals surface area contributed by atoms with E-state index in [0.29, 0.717) is 0 Å². The Morgan fingerprint density at radius 2 is 1.93 bits per heavy atom. The Balaban J connectivity index is 2.24. The van der Waals surface area contributed by atoms with Crippen molar-refractivity contribution in [3.05, 3.63) is 77.7 Å². The lowest BCUT2D eigenvalue weighted by Crippen LogP contribution is -1.87. The van der Waals surface area contributed by atoms with E-state index in [0.717, 1.165) is 0 Å². The maximum atomic E-state index is 3.07. The smallest absolute Gasteiger partial charge is 0.0202 e. The molecular formula is C14H12. The molecule has 0 heteroatoms. The van der Waals surface area contributed by atoms with Gasteiger partial charge in [0.05, 0.1) is 0 Å². The standard InChI is InChI=1S/C14H12/c1-12-7-5-6-10-14(12)11-13-8-3-2-4-9-13/h2-3,5-11H,1H3. The Kier molecular flexibility index (Phi) is 2.64. The highest BCUT2D eigenvalue weighted by Gasteiger charge is 1.98. The van der Waals surface area contributed by atoms with Crippen molar-refractivity contribution in [2.24, 2.45) is 0 Å². The maximum Gasteiger partial charge on any atom is 0.0202 e. The second-order valence-electron chi connectivity index (χ2n) is 3.34. The van der Waals surface area contributed by atoms with Gasteiger partial charge in [-0.15, -0.1) is 0 Å². The van der Waals surface area contributed by atoms with Crippen LogP contribution in [0.25, 0.3) is 0 Å². The van der Waals surface area contributed by atoms with Gasteiger partial charge in [0.25, 0.3) is 0 Å². The highest BCUT2D eigenvalue weighted by molar-refractivity contribution is 5.40. The maximum absolute atomic E-state index is 3.07. The Morgan fingerprint density at radius 3 is 2.64 bits per heavy atom. The molecule has 0 fully saturated rings. The van der Waals surface area contributed by atoms with Crippen LogP contribution in [0.3, 0.4) is 0 Å². The van der Waals surface area contributed by atoms with E-state index in [2.05, 4.69) is 49.7 Å². The van der Waals surface area contributed by atoms with Crippen LogP contribution in [0.2, 0.25) is 0 Å². The summed E-state index contributed by atoms with van der Waals surface area (Å²) in [6, 6.07) is 19.4. The van der Waals surface area contributed by atoms with Crippen LogP contribution in [0.4, 0.5) is 0 Å². The van der Waals surface area contributed by atoms with Gasteiger partial charge >= 0.3 is 0 Å². The normalized spacial score (nSPS) is 10.1. The molecule has 0 aromatic heterocycles. The van der Waals surface area contributed by atoms with Crippen molar-refractivity contribution in [1.29, 1.82) is 0 Å². The molecule has 2 rings (SSSR count). The summed E-state index contributed by atoms with van der Waals surface area (Å²) in [5, 5.41) is 0. The van der Waals surface area contributed by atoms with Crippen molar-refractivity contribution in [1.82, 2.24) is 0 Å². The summed E-state index contributed by atoms with van der Waals surface area (Å²) in [5.74, 6) is 0. The fraction of sp³-hybridized carbons (Fsp3) is 0.0714. The molecule has 0 saturated heterocycles. The first-order chi connectivity index (χ1) is 6.86. The molecule has 0 bridgehead atoms. The minimum absolute atomic E-state index is 1.20. The fourth-order valence-corrected chi connectivity index (χ4v) is 1.43. The first kappa shape index (κ1) is 9.01. The van der Waals surface area contributed by atoms with E-state index in [9.17, 15) is 0 Å². The van der Waals surface area contributed by atoms with Crippen LogP contribution in [-0.2, 0) is 0 Å². The third-order valence-corrected chi connectivity index (χ3v) is 2.24. The molecule has 0 heterocycles. The molecule has 0 aliphatic rings. The van der Waals surface area contributed by atoms with Gasteiger partial charge in [-0.1, -0.05) is 48.5 Å². The van der Waals surface area contributed by atoms with Crippen molar-refractivity contribution in [2.45, 2.75) is 6.92 Å². The minimum Gasteiger partial charge on any atom is -0.0620 e. The summed E-state index contributed by atoms with van der Waals surface area (Å²) in [7, 11) is 0. The molecule has 0 unspecified atom stereocenters. The Labute approximate surface area is 85.2 Å². The summed E-state index contributed by atoms with van der Waals surface area (Å²) in [6.07, 6.45) is 2.17. The van der Waals surface area contributed by atoms with Gasteiger partial charge < -0.3 is 0 Å². The topological polar surface area (TPSA) is 0 Å². The van der Waals surface area contributed by atoms with E-state index in [1.807, 2.05) is 18.2 Å². The van der Waals surface area contributed by atoms with Crippen LogP contribution in [0, 0.1) is 19.4 Å². The van der Waals surface area contributed by atoms with Crippen molar-refractivity contribution in [2.75, 3.05) is 0 Å². The molecule has 0 saturated carbocycles. The van der Waals surface area contributed by atoms with Gasteiger partial charge in [-0.2, -0.15) is 0 Å². The number of aryl methyl sites for hydroxylation is 1. The van der Waals surface area contributed by atoms with Crippen molar-refractivity contribution in [3.8, 4) is 0 Å². The predicted molar refractivity (Wildman–Crippen MR) is 59.0 cm³/mol. The largest absolute Gasteiger partial charge is 0.0620 e. The van der Waals surface area contributed by atoms with E-state index in [1.165, 1.54) is 16.7 Å². The van der Waals surface area contributed by atoms with E-state index in [1.54, 1.807) is 0 Å². The number of hydrogen-bond acceptors (Lipinski definition) is 0. The molecule has 14 heavy (non-hydrogen) atoms. The van der Waals surface area contributed by atoms with Crippen LogP contribution in [0.5, 0.6) is 0 Å². The summed E-state index contributed by atoms with van der Waals surface area (Å²) in [6.45, 7) is 2.12. The zero-order valence-corrected chi connectivity index (χ0v) is 8.20.